The Morgan fingerprint density at radius 3 is 2.58 bits per heavy atom. The lowest BCUT2D eigenvalue weighted by Crippen LogP contribution is -2.40. The quantitative estimate of drug-likeness (QED) is 0.693. The smallest absolute Gasteiger partial charge is 0.151 e. The summed E-state index contributed by atoms with van der Waals surface area (Å²) in [4.78, 5) is 0. The Morgan fingerprint density at radius 1 is 1.08 bits per heavy atom. The highest BCUT2D eigenvalue weighted by molar-refractivity contribution is 7.97. The molecule has 0 aliphatic carbocycles. The topological polar surface area (TPSA) is 36.5 Å². The average Bonchev–Trinajstić information content (AvgIpc) is 2.60. The Hall–Kier alpha value is -1.76. The molecule has 2 heterocycles. The van der Waals surface area contributed by atoms with Gasteiger partial charge in [-0.2, -0.15) is 0 Å². The van der Waals surface area contributed by atoms with Gasteiger partial charge in [-0.1, -0.05) is 18.0 Å². The minimum Gasteiger partial charge on any atom is -0.453 e. The molecule has 4 rings (SSSR count). The van der Waals surface area contributed by atoms with Crippen molar-refractivity contribution >= 4 is 23.3 Å². The molecule has 2 aromatic rings. The Balaban J connectivity index is 1.52. The van der Waals surface area contributed by atoms with Crippen LogP contribution in [0.25, 0.3) is 0 Å². The summed E-state index contributed by atoms with van der Waals surface area (Å²) in [7, 11) is 0. The number of hydrogen-bond acceptors (Lipinski definition) is 5. The molecule has 2 aliphatic heterocycles. The van der Waals surface area contributed by atoms with Gasteiger partial charge in [-0.05, 0) is 36.8 Å². The molecule has 0 bridgehead atoms. The van der Waals surface area contributed by atoms with E-state index in [0.29, 0.717) is 16.7 Å². The first-order valence-corrected chi connectivity index (χ1v) is 9.03. The van der Waals surface area contributed by atoms with Crippen LogP contribution < -0.4 is 15.4 Å². The molecule has 0 spiro atoms. The SMILES string of the molecule is CC(SN1CCNCC1)c1ccc2c(c1)Nc1cc(F)ccc1O2. The summed E-state index contributed by atoms with van der Waals surface area (Å²) in [5.41, 5.74) is 2.79. The van der Waals surface area contributed by atoms with Gasteiger partial charge in [0.1, 0.15) is 5.82 Å². The van der Waals surface area contributed by atoms with Crippen LogP contribution in [0.15, 0.2) is 36.4 Å². The van der Waals surface area contributed by atoms with Crippen molar-refractivity contribution in [2.75, 3.05) is 31.5 Å². The maximum atomic E-state index is 13.4. The molecular formula is C18H20FN3OS. The van der Waals surface area contributed by atoms with E-state index < -0.39 is 0 Å². The summed E-state index contributed by atoms with van der Waals surface area (Å²) in [5.74, 6) is 1.16. The second-order valence-electron chi connectivity index (χ2n) is 6.05. The van der Waals surface area contributed by atoms with Crippen LogP contribution in [0.4, 0.5) is 15.8 Å². The molecule has 0 amide bonds. The third-order valence-corrected chi connectivity index (χ3v) is 5.54. The molecule has 24 heavy (non-hydrogen) atoms. The van der Waals surface area contributed by atoms with Gasteiger partial charge in [-0.3, -0.25) is 0 Å². The largest absolute Gasteiger partial charge is 0.453 e. The van der Waals surface area contributed by atoms with Crippen molar-refractivity contribution in [2.24, 2.45) is 0 Å². The molecule has 1 saturated heterocycles. The molecule has 4 nitrogen and oxygen atoms in total. The van der Waals surface area contributed by atoms with Gasteiger partial charge in [0.15, 0.2) is 11.5 Å². The number of piperazine rings is 1. The fraction of sp³-hybridized carbons (Fsp3) is 0.333. The maximum absolute atomic E-state index is 13.4. The van der Waals surface area contributed by atoms with Gasteiger partial charge in [-0.25, -0.2) is 8.70 Å². The number of ether oxygens (including phenoxy) is 1. The average molecular weight is 345 g/mol. The van der Waals surface area contributed by atoms with E-state index in [4.69, 9.17) is 4.74 Å². The number of nitrogens with zero attached hydrogens (tertiary/aromatic N) is 1. The summed E-state index contributed by atoms with van der Waals surface area (Å²) < 4.78 is 21.7. The molecule has 0 saturated carbocycles. The van der Waals surface area contributed by atoms with E-state index in [9.17, 15) is 4.39 Å². The van der Waals surface area contributed by atoms with Crippen molar-refractivity contribution in [3.63, 3.8) is 0 Å². The normalized spacial score (nSPS) is 18.1. The van der Waals surface area contributed by atoms with Gasteiger partial charge < -0.3 is 15.4 Å². The van der Waals surface area contributed by atoms with E-state index >= 15 is 0 Å². The molecule has 0 radical (unpaired) electrons. The molecular weight excluding hydrogens is 325 g/mol. The fourth-order valence-electron chi connectivity index (χ4n) is 2.97. The summed E-state index contributed by atoms with van der Waals surface area (Å²) in [6, 6.07) is 10.7. The highest BCUT2D eigenvalue weighted by atomic mass is 32.2. The zero-order valence-corrected chi connectivity index (χ0v) is 14.3. The van der Waals surface area contributed by atoms with Crippen molar-refractivity contribution in [3.05, 3.63) is 47.8 Å². The maximum Gasteiger partial charge on any atom is 0.151 e. The number of hydrogen-bond donors (Lipinski definition) is 2. The highest BCUT2D eigenvalue weighted by Crippen LogP contribution is 2.44. The summed E-state index contributed by atoms with van der Waals surface area (Å²) in [5, 5.41) is 7.00. The number of fused-ring (bicyclic) bond motifs is 2. The molecule has 0 aromatic heterocycles. The van der Waals surface area contributed by atoms with Crippen LogP contribution >= 0.6 is 11.9 Å². The minimum absolute atomic E-state index is 0.271. The predicted octanol–water partition coefficient (Wildman–Crippen LogP) is 4.29. The molecule has 1 fully saturated rings. The Bertz CT molecular complexity index is 749. The zero-order valence-electron chi connectivity index (χ0n) is 13.5. The van der Waals surface area contributed by atoms with Gasteiger partial charge in [0.2, 0.25) is 0 Å². The molecule has 2 aromatic carbocycles. The standard InChI is InChI=1S/C18H20FN3OS/c1-12(24-22-8-6-20-7-9-22)13-2-4-17-15(10-13)21-16-11-14(19)3-5-18(16)23-17/h2-5,10-12,20-21H,6-9H2,1H3. The lowest BCUT2D eigenvalue weighted by Gasteiger charge is -2.29. The van der Waals surface area contributed by atoms with Crippen LogP contribution in [0.3, 0.4) is 0 Å². The van der Waals surface area contributed by atoms with Gasteiger partial charge in [-0.15, -0.1) is 0 Å². The monoisotopic (exact) mass is 345 g/mol. The number of nitrogens with one attached hydrogen (secondary N) is 2. The lowest BCUT2D eigenvalue weighted by molar-refractivity contribution is 0.395. The molecule has 2 N–H and O–H groups in total. The zero-order chi connectivity index (χ0) is 16.5. The molecule has 2 aliphatic rings. The van der Waals surface area contributed by atoms with E-state index in [0.717, 1.165) is 37.6 Å². The number of anilines is 2. The molecule has 6 heteroatoms. The first-order valence-electron chi connectivity index (χ1n) is 8.20. The molecule has 1 unspecified atom stereocenters. The van der Waals surface area contributed by atoms with Crippen molar-refractivity contribution < 1.29 is 9.13 Å². The Kier molecular flexibility index (Phi) is 4.35. The number of rotatable bonds is 3. The van der Waals surface area contributed by atoms with E-state index in [1.165, 1.54) is 17.7 Å². The predicted molar refractivity (Wildman–Crippen MR) is 96.6 cm³/mol. The molecule has 1 atom stereocenters. The van der Waals surface area contributed by atoms with Crippen LogP contribution in [-0.4, -0.2) is 30.5 Å². The minimum atomic E-state index is -0.271. The van der Waals surface area contributed by atoms with Crippen LogP contribution in [0.2, 0.25) is 0 Å². The summed E-state index contributed by atoms with van der Waals surface area (Å²) in [6.45, 7) is 6.43. The fourth-order valence-corrected chi connectivity index (χ4v) is 4.08. The third kappa shape index (κ3) is 3.22. The van der Waals surface area contributed by atoms with Crippen molar-refractivity contribution in [3.8, 4) is 11.5 Å². The Labute approximate surface area is 145 Å². The number of halogens is 1. The first-order chi connectivity index (χ1) is 11.7. The lowest BCUT2D eigenvalue weighted by atomic mass is 10.1. The molecule has 126 valence electrons. The van der Waals surface area contributed by atoms with Gasteiger partial charge in [0, 0.05) is 37.5 Å². The van der Waals surface area contributed by atoms with E-state index in [1.807, 2.05) is 18.0 Å². The third-order valence-electron chi connectivity index (χ3n) is 4.29. The second-order valence-corrected chi connectivity index (χ2v) is 7.48. The van der Waals surface area contributed by atoms with Gasteiger partial charge in [0.05, 0.1) is 11.4 Å². The van der Waals surface area contributed by atoms with Gasteiger partial charge >= 0.3 is 0 Å². The van der Waals surface area contributed by atoms with Crippen LogP contribution in [0.5, 0.6) is 11.5 Å². The summed E-state index contributed by atoms with van der Waals surface area (Å²) in [6.07, 6.45) is 0. The second kappa shape index (κ2) is 6.63. The van der Waals surface area contributed by atoms with Crippen LogP contribution in [-0.2, 0) is 0 Å². The summed E-state index contributed by atoms with van der Waals surface area (Å²) >= 11 is 1.88. The van der Waals surface area contributed by atoms with E-state index in [2.05, 4.69) is 34.0 Å². The van der Waals surface area contributed by atoms with E-state index in [-0.39, 0.29) is 5.82 Å². The highest BCUT2D eigenvalue weighted by Gasteiger charge is 2.20. The van der Waals surface area contributed by atoms with Crippen LogP contribution in [0, 0.1) is 5.82 Å². The Morgan fingerprint density at radius 2 is 1.79 bits per heavy atom. The van der Waals surface area contributed by atoms with Gasteiger partial charge in [0.25, 0.3) is 0 Å². The van der Waals surface area contributed by atoms with Crippen molar-refractivity contribution in [1.29, 1.82) is 0 Å². The number of benzene rings is 2. The van der Waals surface area contributed by atoms with Crippen molar-refractivity contribution in [2.45, 2.75) is 12.2 Å². The first kappa shape index (κ1) is 15.7. The van der Waals surface area contributed by atoms with Crippen LogP contribution in [0.1, 0.15) is 17.7 Å². The van der Waals surface area contributed by atoms with Crippen molar-refractivity contribution in [1.82, 2.24) is 9.62 Å². The van der Waals surface area contributed by atoms with E-state index in [1.54, 1.807) is 6.07 Å².